The molecule has 1 rings (SSSR count). The Labute approximate surface area is 99.2 Å². The fourth-order valence-electron chi connectivity index (χ4n) is 2.47. The van der Waals surface area contributed by atoms with Crippen molar-refractivity contribution in [1.82, 2.24) is 5.32 Å². The molecule has 0 heterocycles. The third kappa shape index (κ3) is 4.97. The van der Waals surface area contributed by atoms with Crippen LogP contribution in [0.25, 0.3) is 0 Å². The summed E-state index contributed by atoms with van der Waals surface area (Å²) < 4.78 is 0. The molecule has 1 aliphatic carbocycles. The second-order valence-electron chi connectivity index (χ2n) is 5.50. The molecule has 3 heteroatoms. The lowest BCUT2D eigenvalue weighted by Crippen LogP contribution is -2.44. The summed E-state index contributed by atoms with van der Waals surface area (Å²) in [6, 6.07) is -0.137. The van der Waals surface area contributed by atoms with Crippen LogP contribution in [0, 0.1) is 11.8 Å². The smallest absolute Gasteiger partial charge is 0.234 e. The van der Waals surface area contributed by atoms with E-state index in [0.29, 0.717) is 5.92 Å². The SMILES string of the molecule is CC(C)CC(NCC1CCCCC1)C(N)=O. The Morgan fingerprint density at radius 2 is 1.94 bits per heavy atom. The van der Waals surface area contributed by atoms with Crippen LogP contribution >= 0.6 is 0 Å². The Kier molecular flexibility index (Phi) is 5.81. The van der Waals surface area contributed by atoms with E-state index in [-0.39, 0.29) is 11.9 Å². The fourth-order valence-corrected chi connectivity index (χ4v) is 2.47. The predicted octanol–water partition coefficient (Wildman–Crippen LogP) is 2.06. The standard InChI is InChI=1S/C13H26N2O/c1-10(2)8-12(13(14)16)15-9-11-6-4-3-5-7-11/h10-12,15H,3-9H2,1-2H3,(H2,14,16). The maximum atomic E-state index is 11.3. The van der Waals surface area contributed by atoms with Crippen molar-refractivity contribution < 1.29 is 4.79 Å². The second kappa shape index (κ2) is 6.89. The molecule has 1 unspecified atom stereocenters. The normalized spacial score (nSPS) is 19.9. The molecule has 0 saturated heterocycles. The van der Waals surface area contributed by atoms with Crippen molar-refractivity contribution in [3.05, 3.63) is 0 Å². The van der Waals surface area contributed by atoms with Gasteiger partial charge in [0.25, 0.3) is 0 Å². The zero-order chi connectivity index (χ0) is 12.0. The molecule has 0 bridgehead atoms. The number of carbonyl (C=O) groups is 1. The zero-order valence-corrected chi connectivity index (χ0v) is 10.7. The quantitative estimate of drug-likeness (QED) is 0.728. The molecule has 0 spiro atoms. The third-order valence-corrected chi connectivity index (χ3v) is 3.43. The minimum absolute atomic E-state index is 0.137. The highest BCUT2D eigenvalue weighted by molar-refractivity contribution is 5.79. The molecule has 0 aromatic carbocycles. The van der Waals surface area contributed by atoms with Crippen LogP contribution in [0.2, 0.25) is 0 Å². The Balaban J connectivity index is 2.28. The summed E-state index contributed by atoms with van der Waals surface area (Å²) in [7, 11) is 0. The molecule has 1 fully saturated rings. The molecule has 0 aliphatic heterocycles. The maximum absolute atomic E-state index is 11.3. The number of hydrogen-bond donors (Lipinski definition) is 2. The van der Waals surface area contributed by atoms with Gasteiger partial charge in [0.2, 0.25) is 5.91 Å². The Morgan fingerprint density at radius 3 is 2.44 bits per heavy atom. The van der Waals surface area contributed by atoms with Gasteiger partial charge >= 0.3 is 0 Å². The molecule has 1 amide bonds. The molecule has 3 N–H and O–H groups in total. The van der Waals surface area contributed by atoms with Crippen molar-refractivity contribution in [1.29, 1.82) is 0 Å². The average Bonchev–Trinajstić information content (AvgIpc) is 2.25. The highest BCUT2D eigenvalue weighted by Gasteiger charge is 2.19. The van der Waals surface area contributed by atoms with Gasteiger partial charge in [-0.15, -0.1) is 0 Å². The molecule has 1 saturated carbocycles. The van der Waals surface area contributed by atoms with Gasteiger partial charge in [0.15, 0.2) is 0 Å². The minimum atomic E-state index is -0.204. The third-order valence-electron chi connectivity index (χ3n) is 3.43. The first-order chi connectivity index (χ1) is 7.59. The molecular weight excluding hydrogens is 200 g/mol. The van der Waals surface area contributed by atoms with E-state index in [1.54, 1.807) is 0 Å². The van der Waals surface area contributed by atoms with Gasteiger partial charge in [0.1, 0.15) is 0 Å². The van der Waals surface area contributed by atoms with Crippen molar-refractivity contribution in [2.45, 2.75) is 58.4 Å². The summed E-state index contributed by atoms with van der Waals surface area (Å²) >= 11 is 0. The first-order valence-electron chi connectivity index (χ1n) is 6.62. The van der Waals surface area contributed by atoms with E-state index in [9.17, 15) is 4.79 Å². The lowest BCUT2D eigenvalue weighted by atomic mass is 9.89. The van der Waals surface area contributed by atoms with Gasteiger partial charge in [-0.2, -0.15) is 0 Å². The highest BCUT2D eigenvalue weighted by Crippen LogP contribution is 2.23. The molecule has 94 valence electrons. The van der Waals surface area contributed by atoms with Gasteiger partial charge in [-0.05, 0) is 37.6 Å². The summed E-state index contributed by atoms with van der Waals surface area (Å²) in [5, 5.41) is 3.35. The van der Waals surface area contributed by atoms with E-state index in [4.69, 9.17) is 5.73 Å². The molecule has 0 aromatic heterocycles. The van der Waals surface area contributed by atoms with Crippen LogP contribution in [0.5, 0.6) is 0 Å². The van der Waals surface area contributed by atoms with Gasteiger partial charge in [-0.25, -0.2) is 0 Å². The van der Waals surface area contributed by atoms with Crippen LogP contribution in [0.4, 0.5) is 0 Å². The van der Waals surface area contributed by atoms with Crippen LogP contribution in [0.1, 0.15) is 52.4 Å². The molecule has 1 atom stereocenters. The summed E-state index contributed by atoms with van der Waals surface area (Å²) in [5.41, 5.74) is 5.40. The van der Waals surface area contributed by atoms with Gasteiger partial charge in [-0.1, -0.05) is 33.1 Å². The summed E-state index contributed by atoms with van der Waals surface area (Å²) in [5.74, 6) is 1.06. The van der Waals surface area contributed by atoms with E-state index in [2.05, 4.69) is 19.2 Å². The number of carbonyl (C=O) groups excluding carboxylic acids is 1. The van der Waals surface area contributed by atoms with Gasteiger partial charge in [-0.3, -0.25) is 4.79 Å². The summed E-state index contributed by atoms with van der Waals surface area (Å²) in [6.45, 7) is 5.21. The Morgan fingerprint density at radius 1 is 1.31 bits per heavy atom. The summed E-state index contributed by atoms with van der Waals surface area (Å²) in [4.78, 5) is 11.3. The van der Waals surface area contributed by atoms with Crippen LogP contribution in [-0.2, 0) is 4.79 Å². The first kappa shape index (κ1) is 13.5. The number of hydrogen-bond acceptors (Lipinski definition) is 2. The molecule has 0 aromatic rings. The van der Waals surface area contributed by atoms with E-state index in [1.807, 2.05) is 0 Å². The largest absolute Gasteiger partial charge is 0.368 e. The van der Waals surface area contributed by atoms with Crippen molar-refractivity contribution in [2.24, 2.45) is 17.6 Å². The van der Waals surface area contributed by atoms with Crippen molar-refractivity contribution >= 4 is 5.91 Å². The Hall–Kier alpha value is -0.570. The highest BCUT2D eigenvalue weighted by atomic mass is 16.1. The van der Waals surface area contributed by atoms with Crippen LogP contribution in [-0.4, -0.2) is 18.5 Å². The van der Waals surface area contributed by atoms with E-state index in [0.717, 1.165) is 18.9 Å². The molecular formula is C13H26N2O. The number of nitrogens with two attached hydrogens (primary N) is 1. The number of primary amides is 1. The topological polar surface area (TPSA) is 55.1 Å². The molecule has 1 aliphatic rings. The van der Waals surface area contributed by atoms with Gasteiger partial charge in [0, 0.05) is 0 Å². The van der Waals surface area contributed by atoms with E-state index >= 15 is 0 Å². The Bertz CT molecular complexity index is 210. The minimum Gasteiger partial charge on any atom is -0.368 e. The van der Waals surface area contributed by atoms with Gasteiger partial charge in [0.05, 0.1) is 6.04 Å². The lowest BCUT2D eigenvalue weighted by Gasteiger charge is -2.25. The van der Waals surface area contributed by atoms with Crippen molar-refractivity contribution in [3.8, 4) is 0 Å². The van der Waals surface area contributed by atoms with Crippen molar-refractivity contribution in [3.63, 3.8) is 0 Å². The van der Waals surface area contributed by atoms with Crippen LogP contribution < -0.4 is 11.1 Å². The molecule has 16 heavy (non-hydrogen) atoms. The summed E-state index contributed by atoms with van der Waals surface area (Å²) in [6.07, 6.45) is 7.53. The predicted molar refractivity (Wildman–Crippen MR) is 67.0 cm³/mol. The van der Waals surface area contributed by atoms with E-state index in [1.165, 1.54) is 32.1 Å². The zero-order valence-electron chi connectivity index (χ0n) is 10.7. The van der Waals surface area contributed by atoms with Crippen molar-refractivity contribution in [2.75, 3.05) is 6.54 Å². The number of amides is 1. The molecule has 0 radical (unpaired) electrons. The van der Waals surface area contributed by atoms with Crippen LogP contribution in [0.15, 0.2) is 0 Å². The number of rotatable bonds is 6. The maximum Gasteiger partial charge on any atom is 0.234 e. The van der Waals surface area contributed by atoms with E-state index < -0.39 is 0 Å². The second-order valence-corrected chi connectivity index (χ2v) is 5.50. The first-order valence-corrected chi connectivity index (χ1v) is 6.62. The number of nitrogens with one attached hydrogen (secondary N) is 1. The van der Waals surface area contributed by atoms with Gasteiger partial charge < -0.3 is 11.1 Å². The van der Waals surface area contributed by atoms with Crippen LogP contribution in [0.3, 0.4) is 0 Å². The average molecular weight is 226 g/mol. The lowest BCUT2D eigenvalue weighted by molar-refractivity contribution is -0.120. The monoisotopic (exact) mass is 226 g/mol. The fraction of sp³-hybridized carbons (Fsp3) is 0.923. The molecule has 3 nitrogen and oxygen atoms in total.